The number of aromatic carboxylic acids is 1. The van der Waals surface area contributed by atoms with Crippen molar-refractivity contribution in [3.63, 3.8) is 0 Å². The summed E-state index contributed by atoms with van der Waals surface area (Å²) >= 11 is 0. The van der Waals surface area contributed by atoms with Gasteiger partial charge in [-0.3, -0.25) is 5.32 Å². The van der Waals surface area contributed by atoms with Gasteiger partial charge in [-0.2, -0.15) is 5.10 Å². The molecule has 0 aliphatic heterocycles. The van der Waals surface area contributed by atoms with E-state index in [4.69, 9.17) is 5.11 Å². The zero-order valence-electron chi connectivity index (χ0n) is 17.8. The van der Waals surface area contributed by atoms with Gasteiger partial charge in [0.25, 0.3) is 0 Å². The second kappa shape index (κ2) is 7.91. The number of aryl methyl sites for hydroxylation is 1. The second-order valence-corrected chi connectivity index (χ2v) is 8.82. The van der Waals surface area contributed by atoms with Gasteiger partial charge in [-0.05, 0) is 48.2 Å². The SMILES string of the molecule is CC(C)(C)c1cc(NC(=O)NC2CCc3ccccc32)n(-c2ccc(C(=O)O)cc2)n1. The van der Waals surface area contributed by atoms with E-state index in [2.05, 4.69) is 27.9 Å². The first-order valence-corrected chi connectivity index (χ1v) is 10.3. The molecular formula is C24H26N4O3. The van der Waals surface area contributed by atoms with E-state index >= 15 is 0 Å². The lowest BCUT2D eigenvalue weighted by Crippen LogP contribution is -2.32. The maximum Gasteiger partial charge on any atom is 0.335 e. The first-order chi connectivity index (χ1) is 14.7. The Kier molecular flexibility index (Phi) is 5.27. The zero-order chi connectivity index (χ0) is 22.2. The molecule has 1 heterocycles. The number of nitrogens with one attached hydrogen (secondary N) is 2. The molecule has 3 aromatic rings. The van der Waals surface area contributed by atoms with E-state index in [9.17, 15) is 9.59 Å². The number of anilines is 1. The Balaban J connectivity index is 1.59. The van der Waals surface area contributed by atoms with E-state index < -0.39 is 5.97 Å². The number of carbonyl (C=O) groups is 2. The van der Waals surface area contributed by atoms with Crippen LogP contribution in [0.25, 0.3) is 5.69 Å². The molecule has 3 N–H and O–H groups in total. The van der Waals surface area contributed by atoms with Gasteiger partial charge < -0.3 is 10.4 Å². The van der Waals surface area contributed by atoms with Gasteiger partial charge in [0.15, 0.2) is 0 Å². The van der Waals surface area contributed by atoms with Gasteiger partial charge in [-0.15, -0.1) is 0 Å². The molecule has 0 saturated carbocycles. The van der Waals surface area contributed by atoms with Gasteiger partial charge in [-0.25, -0.2) is 14.3 Å². The summed E-state index contributed by atoms with van der Waals surface area (Å²) in [6.07, 6.45) is 1.82. The first kappa shape index (κ1) is 20.7. The number of benzene rings is 2. The van der Waals surface area contributed by atoms with Crippen molar-refractivity contribution in [1.82, 2.24) is 15.1 Å². The number of carboxylic acid groups (broad SMARTS) is 1. The van der Waals surface area contributed by atoms with Crippen molar-refractivity contribution < 1.29 is 14.7 Å². The third-order valence-electron chi connectivity index (χ3n) is 5.52. The van der Waals surface area contributed by atoms with Gasteiger partial charge in [0, 0.05) is 11.5 Å². The molecule has 0 bridgehead atoms. The number of nitrogens with zero attached hydrogens (tertiary/aromatic N) is 2. The largest absolute Gasteiger partial charge is 0.478 e. The molecule has 31 heavy (non-hydrogen) atoms. The molecule has 1 atom stereocenters. The van der Waals surface area contributed by atoms with Crippen molar-refractivity contribution in [3.8, 4) is 5.69 Å². The topological polar surface area (TPSA) is 96.2 Å². The summed E-state index contributed by atoms with van der Waals surface area (Å²) in [5, 5.41) is 19.8. The van der Waals surface area contributed by atoms with Gasteiger partial charge in [0.1, 0.15) is 5.82 Å². The number of urea groups is 1. The van der Waals surface area contributed by atoms with Crippen molar-refractivity contribution in [2.75, 3.05) is 5.32 Å². The molecule has 160 valence electrons. The number of carboxylic acids is 1. The Labute approximate surface area is 181 Å². The Hall–Kier alpha value is -3.61. The molecule has 0 fully saturated rings. The average molecular weight is 418 g/mol. The van der Waals surface area contributed by atoms with Crippen LogP contribution in [-0.2, 0) is 11.8 Å². The van der Waals surface area contributed by atoms with E-state index in [1.807, 2.05) is 39.0 Å². The highest BCUT2D eigenvalue weighted by Crippen LogP contribution is 2.31. The molecule has 1 aliphatic rings. The molecule has 1 aromatic heterocycles. The molecule has 1 aliphatic carbocycles. The summed E-state index contributed by atoms with van der Waals surface area (Å²) in [5.74, 6) is -0.464. The maximum atomic E-state index is 12.8. The fourth-order valence-electron chi connectivity index (χ4n) is 3.80. The molecule has 2 amide bonds. The summed E-state index contributed by atoms with van der Waals surface area (Å²) in [6.45, 7) is 6.14. The minimum Gasteiger partial charge on any atom is -0.478 e. The summed E-state index contributed by atoms with van der Waals surface area (Å²) in [6, 6.07) is 16.1. The number of amides is 2. The molecule has 0 radical (unpaired) electrons. The lowest BCUT2D eigenvalue weighted by Gasteiger charge is -2.15. The van der Waals surface area contributed by atoms with Crippen molar-refractivity contribution >= 4 is 17.8 Å². The number of carbonyl (C=O) groups excluding carboxylic acids is 1. The monoisotopic (exact) mass is 418 g/mol. The average Bonchev–Trinajstić information content (AvgIpc) is 3.33. The van der Waals surface area contributed by atoms with Crippen LogP contribution in [0.3, 0.4) is 0 Å². The molecular weight excluding hydrogens is 392 g/mol. The van der Waals surface area contributed by atoms with E-state index in [1.165, 1.54) is 17.7 Å². The number of fused-ring (bicyclic) bond motifs is 1. The third kappa shape index (κ3) is 4.30. The van der Waals surface area contributed by atoms with Crippen LogP contribution in [0.5, 0.6) is 0 Å². The summed E-state index contributed by atoms with van der Waals surface area (Å²) in [4.78, 5) is 24.0. The highest BCUT2D eigenvalue weighted by atomic mass is 16.4. The molecule has 7 nitrogen and oxygen atoms in total. The van der Waals surface area contributed by atoms with Gasteiger partial charge in [0.05, 0.1) is 23.0 Å². The lowest BCUT2D eigenvalue weighted by atomic mass is 9.92. The summed E-state index contributed by atoms with van der Waals surface area (Å²) < 4.78 is 1.63. The highest BCUT2D eigenvalue weighted by molar-refractivity contribution is 5.89. The number of aromatic nitrogens is 2. The predicted octanol–water partition coefficient (Wildman–Crippen LogP) is 4.68. The normalized spacial score (nSPS) is 15.4. The fourth-order valence-corrected chi connectivity index (χ4v) is 3.80. The second-order valence-electron chi connectivity index (χ2n) is 8.82. The Morgan fingerprint density at radius 1 is 1.10 bits per heavy atom. The number of rotatable bonds is 4. The highest BCUT2D eigenvalue weighted by Gasteiger charge is 2.25. The predicted molar refractivity (Wildman–Crippen MR) is 119 cm³/mol. The molecule has 4 rings (SSSR count). The number of hydrogen-bond donors (Lipinski definition) is 3. The van der Waals surface area contributed by atoms with E-state index in [0.717, 1.165) is 24.1 Å². The van der Waals surface area contributed by atoms with Crippen molar-refractivity contribution in [3.05, 3.63) is 77.0 Å². The minimum atomic E-state index is -0.989. The lowest BCUT2D eigenvalue weighted by molar-refractivity contribution is 0.0697. The van der Waals surface area contributed by atoms with Crippen LogP contribution < -0.4 is 10.6 Å². The molecule has 0 saturated heterocycles. The fraction of sp³-hybridized carbons (Fsp3) is 0.292. The molecule has 0 spiro atoms. The van der Waals surface area contributed by atoms with Crippen LogP contribution in [0.4, 0.5) is 10.6 Å². The van der Waals surface area contributed by atoms with Crippen LogP contribution in [0.1, 0.15) is 60.4 Å². The molecule has 7 heteroatoms. The van der Waals surface area contributed by atoms with Crippen LogP contribution in [0.15, 0.2) is 54.6 Å². The smallest absolute Gasteiger partial charge is 0.335 e. The summed E-state index contributed by atoms with van der Waals surface area (Å²) in [5.41, 5.74) is 3.89. The standard InChI is InChI=1S/C24H26N4O3/c1-24(2,3)20-14-21(28(27-20)17-11-8-16(9-12-17)22(29)30)26-23(31)25-19-13-10-15-6-4-5-7-18(15)19/h4-9,11-12,14,19H,10,13H2,1-3H3,(H,29,30)(H2,25,26,31). The van der Waals surface area contributed by atoms with Crippen LogP contribution in [-0.4, -0.2) is 26.9 Å². The van der Waals surface area contributed by atoms with E-state index in [0.29, 0.717) is 11.5 Å². The van der Waals surface area contributed by atoms with E-state index in [1.54, 1.807) is 16.8 Å². The van der Waals surface area contributed by atoms with Gasteiger partial charge >= 0.3 is 12.0 Å². The van der Waals surface area contributed by atoms with Crippen molar-refractivity contribution in [2.45, 2.75) is 45.1 Å². The maximum absolute atomic E-state index is 12.8. The Morgan fingerprint density at radius 3 is 2.48 bits per heavy atom. The van der Waals surface area contributed by atoms with Crippen molar-refractivity contribution in [2.24, 2.45) is 0 Å². The Morgan fingerprint density at radius 2 is 1.81 bits per heavy atom. The minimum absolute atomic E-state index is 0.0236. The number of hydrogen-bond acceptors (Lipinski definition) is 3. The van der Waals surface area contributed by atoms with Crippen molar-refractivity contribution in [1.29, 1.82) is 0 Å². The quantitative estimate of drug-likeness (QED) is 0.573. The first-order valence-electron chi connectivity index (χ1n) is 10.3. The third-order valence-corrected chi connectivity index (χ3v) is 5.52. The summed E-state index contributed by atoms with van der Waals surface area (Å²) in [7, 11) is 0. The van der Waals surface area contributed by atoms with Crippen LogP contribution >= 0.6 is 0 Å². The van der Waals surface area contributed by atoms with Crippen LogP contribution in [0, 0.1) is 0 Å². The van der Waals surface area contributed by atoms with Gasteiger partial charge in [-0.1, -0.05) is 45.0 Å². The molecule has 1 unspecified atom stereocenters. The van der Waals surface area contributed by atoms with Gasteiger partial charge in [0.2, 0.25) is 0 Å². The Bertz CT molecular complexity index is 1130. The van der Waals surface area contributed by atoms with Crippen LogP contribution in [0.2, 0.25) is 0 Å². The zero-order valence-corrected chi connectivity index (χ0v) is 17.8. The molecule has 2 aromatic carbocycles. The van der Waals surface area contributed by atoms with E-state index in [-0.39, 0.29) is 23.1 Å².